The van der Waals surface area contributed by atoms with Crippen LogP contribution in [-0.2, 0) is 0 Å². The summed E-state index contributed by atoms with van der Waals surface area (Å²) in [5.74, 6) is 0.756. The molecule has 72 valence electrons. The van der Waals surface area contributed by atoms with Crippen LogP contribution in [0.2, 0.25) is 0 Å². The quantitative estimate of drug-likeness (QED) is 0.641. The summed E-state index contributed by atoms with van der Waals surface area (Å²) in [6.07, 6.45) is 7.52. The van der Waals surface area contributed by atoms with Crippen molar-refractivity contribution in [3.05, 3.63) is 12.4 Å². The van der Waals surface area contributed by atoms with E-state index in [-0.39, 0.29) is 12.1 Å². The molecule has 2 rings (SSSR count). The van der Waals surface area contributed by atoms with Gasteiger partial charge in [0.25, 0.3) is 0 Å². The highest BCUT2D eigenvalue weighted by Gasteiger charge is 2.22. The van der Waals surface area contributed by atoms with Crippen molar-refractivity contribution in [3.63, 3.8) is 0 Å². The molecule has 1 aliphatic carbocycles. The van der Waals surface area contributed by atoms with Gasteiger partial charge in [-0.3, -0.25) is 0 Å². The molecular formula is C9H15N3O. The largest absolute Gasteiger partial charge is 0.391 e. The average molecular weight is 181 g/mol. The number of hydrogen-bond acceptors (Lipinski definition) is 3. The van der Waals surface area contributed by atoms with E-state index in [1.54, 1.807) is 12.4 Å². The molecule has 3 N–H and O–H groups in total. The Kier molecular flexibility index (Phi) is 2.49. The van der Waals surface area contributed by atoms with Gasteiger partial charge in [0.1, 0.15) is 0 Å². The molecule has 1 heterocycles. The predicted molar refractivity (Wildman–Crippen MR) is 50.5 cm³/mol. The van der Waals surface area contributed by atoms with Gasteiger partial charge in [0.2, 0.25) is 0 Å². The normalized spacial score (nSPS) is 28.7. The highest BCUT2D eigenvalue weighted by atomic mass is 16.3. The molecule has 1 aromatic rings. The molecule has 1 aliphatic rings. The molecule has 2 atom stereocenters. The number of H-pyrrole nitrogens is 1. The molecule has 2 unspecified atom stereocenters. The summed E-state index contributed by atoms with van der Waals surface area (Å²) >= 11 is 0. The number of rotatable bonds is 2. The first-order valence-corrected chi connectivity index (χ1v) is 4.80. The molecule has 0 bridgehead atoms. The first-order chi connectivity index (χ1) is 6.36. The maximum Gasteiger partial charge on any atom is 0.200 e. The minimum absolute atomic E-state index is 0.167. The fourth-order valence-corrected chi connectivity index (χ4v) is 1.80. The van der Waals surface area contributed by atoms with Crippen LogP contribution in [0.25, 0.3) is 0 Å². The van der Waals surface area contributed by atoms with Crippen molar-refractivity contribution < 1.29 is 5.11 Å². The SMILES string of the molecule is OC1CCCCC1Nc1ncc[nH]1. The molecule has 1 fully saturated rings. The third-order valence-electron chi connectivity index (χ3n) is 2.55. The molecule has 0 spiro atoms. The van der Waals surface area contributed by atoms with Crippen LogP contribution in [0, 0.1) is 0 Å². The topological polar surface area (TPSA) is 60.9 Å². The van der Waals surface area contributed by atoms with Crippen LogP contribution in [0.4, 0.5) is 5.95 Å². The van der Waals surface area contributed by atoms with E-state index >= 15 is 0 Å². The second kappa shape index (κ2) is 3.79. The number of aromatic nitrogens is 2. The zero-order valence-electron chi connectivity index (χ0n) is 7.53. The van der Waals surface area contributed by atoms with Crippen LogP contribution in [0.1, 0.15) is 25.7 Å². The van der Waals surface area contributed by atoms with E-state index in [4.69, 9.17) is 0 Å². The van der Waals surface area contributed by atoms with Gasteiger partial charge in [-0.15, -0.1) is 0 Å². The number of hydrogen-bond donors (Lipinski definition) is 3. The van der Waals surface area contributed by atoms with Crippen LogP contribution in [-0.4, -0.2) is 27.2 Å². The van der Waals surface area contributed by atoms with Crippen molar-refractivity contribution in [2.24, 2.45) is 0 Å². The lowest BCUT2D eigenvalue weighted by molar-refractivity contribution is 0.116. The standard InChI is InChI=1S/C9H15N3O/c13-8-4-2-1-3-7(8)12-9-10-5-6-11-9/h5-8,13H,1-4H2,(H2,10,11,12). The molecule has 0 amide bonds. The summed E-state index contributed by atoms with van der Waals surface area (Å²) in [5.41, 5.74) is 0. The first kappa shape index (κ1) is 8.56. The van der Waals surface area contributed by atoms with Crippen LogP contribution in [0.15, 0.2) is 12.4 Å². The lowest BCUT2D eigenvalue weighted by Crippen LogP contribution is -2.36. The fourth-order valence-electron chi connectivity index (χ4n) is 1.80. The Morgan fingerprint density at radius 1 is 1.46 bits per heavy atom. The van der Waals surface area contributed by atoms with Crippen molar-refractivity contribution >= 4 is 5.95 Å². The molecular weight excluding hydrogens is 166 g/mol. The summed E-state index contributed by atoms with van der Waals surface area (Å²) in [6.45, 7) is 0. The van der Waals surface area contributed by atoms with Gasteiger partial charge >= 0.3 is 0 Å². The second-order valence-corrected chi connectivity index (χ2v) is 3.54. The van der Waals surface area contributed by atoms with Crippen LogP contribution in [0.3, 0.4) is 0 Å². The number of nitrogens with one attached hydrogen (secondary N) is 2. The van der Waals surface area contributed by atoms with E-state index in [2.05, 4.69) is 15.3 Å². The molecule has 0 aromatic carbocycles. The third-order valence-corrected chi connectivity index (χ3v) is 2.55. The Hall–Kier alpha value is -1.03. The van der Waals surface area contributed by atoms with E-state index in [9.17, 15) is 5.11 Å². The zero-order valence-corrected chi connectivity index (χ0v) is 7.53. The molecule has 4 heteroatoms. The summed E-state index contributed by atoms with van der Waals surface area (Å²) in [4.78, 5) is 7.04. The van der Waals surface area contributed by atoms with Crippen molar-refractivity contribution in [2.45, 2.75) is 37.8 Å². The van der Waals surface area contributed by atoms with Gasteiger partial charge in [0, 0.05) is 12.4 Å². The van der Waals surface area contributed by atoms with Crippen LogP contribution in [0.5, 0.6) is 0 Å². The van der Waals surface area contributed by atoms with Crippen LogP contribution >= 0.6 is 0 Å². The second-order valence-electron chi connectivity index (χ2n) is 3.54. The monoisotopic (exact) mass is 181 g/mol. The van der Waals surface area contributed by atoms with E-state index in [0.717, 1.165) is 25.2 Å². The Labute approximate surface area is 77.4 Å². The van der Waals surface area contributed by atoms with E-state index in [0.29, 0.717) is 0 Å². The summed E-state index contributed by atoms with van der Waals surface area (Å²) in [6, 6.07) is 0.167. The Morgan fingerprint density at radius 3 is 3.00 bits per heavy atom. The van der Waals surface area contributed by atoms with Gasteiger partial charge in [-0.25, -0.2) is 4.98 Å². The van der Waals surface area contributed by atoms with Crippen molar-refractivity contribution in [1.29, 1.82) is 0 Å². The summed E-state index contributed by atoms with van der Waals surface area (Å²) in [7, 11) is 0. The van der Waals surface area contributed by atoms with Gasteiger partial charge in [-0.05, 0) is 12.8 Å². The maximum atomic E-state index is 9.66. The Bertz CT molecular complexity index is 247. The lowest BCUT2D eigenvalue weighted by Gasteiger charge is -2.27. The van der Waals surface area contributed by atoms with E-state index < -0.39 is 0 Å². The fraction of sp³-hybridized carbons (Fsp3) is 0.667. The highest BCUT2D eigenvalue weighted by molar-refractivity contribution is 5.25. The average Bonchev–Trinajstić information content (AvgIpc) is 2.61. The summed E-state index contributed by atoms with van der Waals surface area (Å²) in [5, 5.41) is 12.9. The van der Waals surface area contributed by atoms with Crippen molar-refractivity contribution in [1.82, 2.24) is 9.97 Å². The number of aliphatic hydroxyl groups excluding tert-OH is 1. The van der Waals surface area contributed by atoms with E-state index in [1.807, 2.05) is 0 Å². The predicted octanol–water partition coefficient (Wildman–Crippen LogP) is 1.13. The van der Waals surface area contributed by atoms with Crippen LogP contribution < -0.4 is 5.32 Å². The smallest absolute Gasteiger partial charge is 0.200 e. The van der Waals surface area contributed by atoms with Gasteiger partial charge in [0.15, 0.2) is 5.95 Å². The van der Waals surface area contributed by atoms with Gasteiger partial charge < -0.3 is 15.4 Å². The first-order valence-electron chi connectivity index (χ1n) is 4.80. The Balaban J connectivity index is 1.93. The van der Waals surface area contributed by atoms with Crippen molar-refractivity contribution in [2.75, 3.05) is 5.32 Å². The van der Waals surface area contributed by atoms with E-state index in [1.165, 1.54) is 6.42 Å². The summed E-state index contributed by atoms with van der Waals surface area (Å²) < 4.78 is 0. The molecule has 0 aliphatic heterocycles. The lowest BCUT2D eigenvalue weighted by atomic mass is 9.93. The zero-order chi connectivity index (χ0) is 9.10. The number of anilines is 1. The minimum Gasteiger partial charge on any atom is -0.391 e. The van der Waals surface area contributed by atoms with Gasteiger partial charge in [-0.2, -0.15) is 0 Å². The number of aromatic amines is 1. The van der Waals surface area contributed by atoms with Gasteiger partial charge in [-0.1, -0.05) is 12.8 Å². The minimum atomic E-state index is -0.223. The number of aliphatic hydroxyl groups is 1. The third kappa shape index (κ3) is 2.01. The molecule has 0 saturated heterocycles. The Morgan fingerprint density at radius 2 is 2.31 bits per heavy atom. The molecule has 4 nitrogen and oxygen atoms in total. The molecule has 13 heavy (non-hydrogen) atoms. The maximum absolute atomic E-state index is 9.66. The molecule has 1 aromatic heterocycles. The number of nitrogens with zero attached hydrogens (tertiary/aromatic N) is 1. The molecule has 1 saturated carbocycles. The number of imidazole rings is 1. The highest BCUT2D eigenvalue weighted by Crippen LogP contribution is 2.20. The molecule has 0 radical (unpaired) electrons. The van der Waals surface area contributed by atoms with Crippen molar-refractivity contribution in [3.8, 4) is 0 Å². The van der Waals surface area contributed by atoms with Gasteiger partial charge in [0.05, 0.1) is 12.1 Å².